The van der Waals surface area contributed by atoms with Crippen LogP contribution >= 0.6 is 0 Å². The summed E-state index contributed by atoms with van der Waals surface area (Å²) in [5.74, 6) is -2.08. The van der Waals surface area contributed by atoms with Crippen LogP contribution < -0.4 is 0 Å². The van der Waals surface area contributed by atoms with Gasteiger partial charge in [0.15, 0.2) is 0 Å². The van der Waals surface area contributed by atoms with Crippen molar-refractivity contribution in [1.82, 2.24) is 14.7 Å². The summed E-state index contributed by atoms with van der Waals surface area (Å²) in [5.41, 5.74) is -0.0517. The largest absolute Gasteiger partial charge is 0.478 e. The Labute approximate surface area is 146 Å². The smallest absolute Gasteiger partial charge is 0.416 e. The average molecular weight is 371 g/mol. The molecule has 9 heteroatoms. The monoisotopic (exact) mass is 371 g/mol. The Balaban J connectivity index is 1.76. The fraction of sp³-hybridized carbons (Fsp3) is 0.412. The zero-order valence-corrected chi connectivity index (χ0v) is 13.9. The number of nitrogens with zero attached hydrogens (tertiary/aromatic N) is 3. The predicted octanol–water partition coefficient (Wildman–Crippen LogP) is 3.27. The van der Waals surface area contributed by atoms with Crippen LogP contribution in [0.4, 0.5) is 17.6 Å². The summed E-state index contributed by atoms with van der Waals surface area (Å²) >= 11 is 0. The lowest BCUT2D eigenvalue weighted by Crippen LogP contribution is -2.21. The molecule has 1 unspecified atom stereocenters. The van der Waals surface area contributed by atoms with Gasteiger partial charge in [-0.15, -0.1) is 0 Å². The third kappa shape index (κ3) is 3.72. The van der Waals surface area contributed by atoms with E-state index in [1.807, 2.05) is 4.90 Å². The average Bonchev–Trinajstić information content (AvgIpc) is 3.12. The lowest BCUT2D eigenvalue weighted by molar-refractivity contribution is -0.137. The van der Waals surface area contributed by atoms with E-state index in [0.717, 1.165) is 12.1 Å². The number of aromatic carboxylic acids is 1. The number of aryl methyl sites for hydroxylation is 1. The molecule has 5 nitrogen and oxygen atoms in total. The van der Waals surface area contributed by atoms with Gasteiger partial charge in [-0.25, -0.2) is 9.18 Å². The molecule has 3 rings (SSSR count). The first-order valence-electron chi connectivity index (χ1n) is 7.99. The predicted molar refractivity (Wildman–Crippen MR) is 84.2 cm³/mol. The van der Waals surface area contributed by atoms with Crippen LogP contribution in [0.5, 0.6) is 0 Å². The molecule has 2 aromatic rings. The molecular formula is C17H17F4N3O2. The van der Waals surface area contributed by atoms with Gasteiger partial charge >= 0.3 is 12.1 Å². The number of hydrogen-bond donors (Lipinski definition) is 1. The number of carboxylic acid groups (broad SMARTS) is 1. The Bertz CT molecular complexity index is 832. The van der Waals surface area contributed by atoms with Crippen molar-refractivity contribution in [3.05, 3.63) is 52.6 Å². The van der Waals surface area contributed by atoms with Crippen molar-refractivity contribution >= 4 is 5.97 Å². The topological polar surface area (TPSA) is 58.4 Å². The van der Waals surface area contributed by atoms with Crippen molar-refractivity contribution in [2.24, 2.45) is 7.05 Å². The molecule has 1 atom stereocenters. The number of carboxylic acids is 1. The highest BCUT2D eigenvalue weighted by Crippen LogP contribution is 2.33. The highest BCUT2D eigenvalue weighted by molar-refractivity contribution is 5.88. The fourth-order valence-electron chi connectivity index (χ4n) is 3.46. The van der Waals surface area contributed by atoms with E-state index in [9.17, 15) is 27.5 Å². The first-order chi connectivity index (χ1) is 12.1. The Morgan fingerprint density at radius 3 is 2.73 bits per heavy atom. The third-order valence-corrected chi connectivity index (χ3v) is 4.57. The number of rotatable bonds is 4. The molecular weight excluding hydrogens is 354 g/mol. The first-order valence-corrected chi connectivity index (χ1v) is 7.99. The summed E-state index contributed by atoms with van der Waals surface area (Å²) < 4.78 is 53.5. The molecule has 26 heavy (non-hydrogen) atoms. The van der Waals surface area contributed by atoms with E-state index in [4.69, 9.17) is 0 Å². The molecule has 2 heterocycles. The van der Waals surface area contributed by atoms with Gasteiger partial charge in [0, 0.05) is 26.1 Å². The molecule has 0 aliphatic carbocycles. The van der Waals surface area contributed by atoms with Crippen molar-refractivity contribution in [1.29, 1.82) is 0 Å². The molecule has 1 aliphatic rings. The van der Waals surface area contributed by atoms with Crippen molar-refractivity contribution in [3.63, 3.8) is 0 Å². The second-order valence-electron chi connectivity index (χ2n) is 6.44. The Hall–Kier alpha value is -2.42. The molecule has 0 amide bonds. The molecule has 1 aliphatic heterocycles. The molecule has 1 fully saturated rings. The summed E-state index contributed by atoms with van der Waals surface area (Å²) in [5, 5.41) is 13.2. The quantitative estimate of drug-likeness (QED) is 0.839. The van der Waals surface area contributed by atoms with Gasteiger partial charge in [0.2, 0.25) is 0 Å². The molecule has 1 aromatic carbocycles. The number of carbonyl (C=O) groups is 1. The molecule has 0 spiro atoms. The van der Waals surface area contributed by atoms with Crippen LogP contribution in [-0.4, -0.2) is 38.8 Å². The fourth-order valence-corrected chi connectivity index (χ4v) is 3.46. The zero-order valence-electron chi connectivity index (χ0n) is 13.9. The third-order valence-electron chi connectivity index (χ3n) is 4.57. The van der Waals surface area contributed by atoms with Gasteiger partial charge in [0.25, 0.3) is 0 Å². The minimum Gasteiger partial charge on any atom is -0.478 e. The maximum Gasteiger partial charge on any atom is 0.416 e. The summed E-state index contributed by atoms with van der Waals surface area (Å²) in [6.45, 7) is 1.21. The van der Waals surface area contributed by atoms with Gasteiger partial charge < -0.3 is 5.11 Å². The minimum absolute atomic E-state index is 0.0933. The van der Waals surface area contributed by atoms with E-state index < -0.39 is 23.5 Å². The van der Waals surface area contributed by atoms with E-state index >= 15 is 0 Å². The zero-order chi connectivity index (χ0) is 19.1. The lowest BCUT2D eigenvalue weighted by Gasteiger charge is -2.18. The Morgan fingerprint density at radius 1 is 1.35 bits per heavy atom. The van der Waals surface area contributed by atoms with Gasteiger partial charge in [0.1, 0.15) is 11.4 Å². The van der Waals surface area contributed by atoms with Crippen molar-refractivity contribution in [2.45, 2.75) is 25.1 Å². The highest BCUT2D eigenvalue weighted by atomic mass is 19.4. The van der Waals surface area contributed by atoms with Crippen molar-refractivity contribution in [3.8, 4) is 0 Å². The van der Waals surface area contributed by atoms with Crippen LogP contribution in [0.2, 0.25) is 0 Å². The number of likely N-dealkylation sites (tertiary alicyclic amines) is 1. The summed E-state index contributed by atoms with van der Waals surface area (Å²) in [6.07, 6.45) is -2.65. The summed E-state index contributed by atoms with van der Waals surface area (Å²) in [6, 6.07) is 2.52. The lowest BCUT2D eigenvalue weighted by atomic mass is 10.0. The van der Waals surface area contributed by atoms with Crippen LogP contribution in [0.25, 0.3) is 0 Å². The van der Waals surface area contributed by atoms with Gasteiger partial charge in [-0.3, -0.25) is 9.58 Å². The van der Waals surface area contributed by atoms with Crippen molar-refractivity contribution in [2.75, 3.05) is 13.1 Å². The van der Waals surface area contributed by atoms with Gasteiger partial charge in [0.05, 0.1) is 17.5 Å². The van der Waals surface area contributed by atoms with E-state index in [-0.39, 0.29) is 23.6 Å². The Kier molecular flexibility index (Phi) is 4.74. The molecule has 1 aromatic heterocycles. The number of alkyl halides is 3. The second kappa shape index (κ2) is 6.71. The molecule has 0 radical (unpaired) electrons. The van der Waals surface area contributed by atoms with E-state index in [2.05, 4.69) is 5.10 Å². The maximum absolute atomic E-state index is 13.5. The summed E-state index contributed by atoms with van der Waals surface area (Å²) in [4.78, 5) is 13.2. The van der Waals surface area contributed by atoms with E-state index in [1.54, 1.807) is 7.05 Å². The standard InChI is InChI=1S/C17H17F4N3O2/c1-23-15(14(7-22-23)16(25)26)11-2-3-24(9-11)8-10-4-12(17(19,20)21)6-13(18)5-10/h4-7,11H,2-3,8-9H2,1H3,(H,25,26). The number of hydrogen-bond acceptors (Lipinski definition) is 3. The number of benzene rings is 1. The van der Waals surface area contributed by atoms with Crippen LogP contribution in [-0.2, 0) is 19.8 Å². The van der Waals surface area contributed by atoms with Gasteiger partial charge in [-0.2, -0.15) is 18.3 Å². The first kappa shape index (κ1) is 18.4. The minimum atomic E-state index is -4.60. The SMILES string of the molecule is Cn1ncc(C(=O)O)c1C1CCN(Cc2cc(F)cc(C(F)(F)F)c2)C1. The highest BCUT2D eigenvalue weighted by Gasteiger charge is 2.33. The molecule has 140 valence electrons. The van der Waals surface area contributed by atoms with Gasteiger partial charge in [-0.05, 0) is 36.7 Å². The second-order valence-corrected chi connectivity index (χ2v) is 6.44. The van der Waals surface area contributed by atoms with Crippen LogP contribution in [0.15, 0.2) is 24.4 Å². The molecule has 1 saturated heterocycles. The summed E-state index contributed by atoms with van der Waals surface area (Å²) in [7, 11) is 1.66. The normalized spacial score (nSPS) is 18.4. The van der Waals surface area contributed by atoms with E-state index in [0.29, 0.717) is 31.3 Å². The molecule has 0 bridgehead atoms. The van der Waals surface area contributed by atoms with Crippen LogP contribution in [0.3, 0.4) is 0 Å². The molecule has 0 saturated carbocycles. The maximum atomic E-state index is 13.5. The Morgan fingerprint density at radius 2 is 2.08 bits per heavy atom. The molecule has 1 N–H and O–H groups in total. The number of halogens is 4. The van der Waals surface area contributed by atoms with Crippen LogP contribution in [0, 0.1) is 5.82 Å². The number of aromatic nitrogens is 2. The van der Waals surface area contributed by atoms with Crippen LogP contribution in [0.1, 0.15) is 39.5 Å². The van der Waals surface area contributed by atoms with Gasteiger partial charge in [-0.1, -0.05) is 0 Å². The van der Waals surface area contributed by atoms with Crippen molar-refractivity contribution < 1.29 is 27.5 Å². The van der Waals surface area contributed by atoms with E-state index in [1.165, 1.54) is 10.9 Å².